The van der Waals surface area contributed by atoms with Gasteiger partial charge in [0.2, 0.25) is 5.95 Å². The van der Waals surface area contributed by atoms with E-state index in [0.717, 1.165) is 35.4 Å². The topological polar surface area (TPSA) is 72.3 Å². The molecular formula is C31H36FN5O2. The molecule has 2 aromatic heterocycles. The second-order valence-corrected chi connectivity index (χ2v) is 12.0. The third-order valence-electron chi connectivity index (χ3n) is 9.74. The van der Waals surface area contributed by atoms with E-state index in [4.69, 9.17) is 9.72 Å². The predicted octanol–water partition coefficient (Wildman–Crippen LogP) is 5.19. The Morgan fingerprint density at radius 2 is 1.85 bits per heavy atom. The van der Waals surface area contributed by atoms with E-state index in [1.807, 2.05) is 0 Å². The first-order chi connectivity index (χ1) is 19.0. The van der Waals surface area contributed by atoms with Crippen molar-refractivity contribution in [2.75, 3.05) is 29.9 Å². The number of nitrogens with one attached hydrogen (secondary N) is 1. The molecule has 1 saturated heterocycles. The third-order valence-corrected chi connectivity index (χ3v) is 9.74. The average molecular weight is 530 g/mol. The van der Waals surface area contributed by atoms with E-state index < -0.39 is 5.82 Å². The molecule has 1 N–H and O–H groups in total. The quantitative estimate of drug-likeness (QED) is 0.491. The van der Waals surface area contributed by atoms with Crippen molar-refractivity contribution >= 4 is 11.6 Å². The number of pyridine rings is 1. The third kappa shape index (κ3) is 4.73. The van der Waals surface area contributed by atoms with Gasteiger partial charge in [-0.05, 0) is 86.0 Å². The smallest absolute Gasteiger partial charge is 0.255 e. The molecule has 0 radical (unpaired) electrons. The van der Waals surface area contributed by atoms with Crippen LogP contribution in [0.15, 0.2) is 53.6 Å². The maximum absolute atomic E-state index is 14.4. The van der Waals surface area contributed by atoms with E-state index in [1.54, 1.807) is 13.1 Å². The van der Waals surface area contributed by atoms with Crippen LogP contribution in [0, 0.1) is 29.5 Å². The minimum atomic E-state index is -0.498. The second kappa shape index (κ2) is 10.0. The van der Waals surface area contributed by atoms with E-state index in [1.165, 1.54) is 61.0 Å². The Balaban J connectivity index is 1.06. The highest BCUT2D eigenvalue weighted by molar-refractivity contribution is 5.60. The molecule has 7 rings (SSSR count). The summed E-state index contributed by atoms with van der Waals surface area (Å²) in [6, 6.07) is 12.2. The van der Waals surface area contributed by atoms with Crippen LogP contribution < -0.4 is 15.8 Å². The number of hydrogen-bond donors (Lipinski definition) is 1. The van der Waals surface area contributed by atoms with Gasteiger partial charge in [0.1, 0.15) is 6.10 Å². The highest BCUT2D eigenvalue weighted by atomic mass is 19.1. The molecule has 4 aliphatic rings. The van der Waals surface area contributed by atoms with Gasteiger partial charge in [0.25, 0.3) is 5.56 Å². The summed E-state index contributed by atoms with van der Waals surface area (Å²) < 4.78 is 22.1. The highest BCUT2D eigenvalue weighted by Gasteiger charge is 2.45. The van der Waals surface area contributed by atoms with Crippen molar-refractivity contribution in [3.05, 3.63) is 70.5 Å². The molecule has 3 saturated carbocycles. The minimum Gasteiger partial charge on any atom is -0.382 e. The van der Waals surface area contributed by atoms with Crippen LogP contribution >= 0.6 is 0 Å². The molecule has 3 heterocycles. The standard InChI is InChI=1S/C31H36FN5O2/c1-36-30(38)16-28(25-8-9-33-17-26(25)32)35-31(36)37-10-11-39-29(18-37)20-2-5-24(6-3-20)34-27-7-4-21-12-19-13-22(21)15-23(27)14-19/h2-3,5-6,8-9,16-17,19,21-23,27,29,34H,4,7,10-15,18H2,1H3/t19?,21?,22?,23?,27?,29-/m1/s1. The van der Waals surface area contributed by atoms with Crippen molar-refractivity contribution in [2.24, 2.45) is 30.7 Å². The Kier molecular flexibility index (Phi) is 6.38. The summed E-state index contributed by atoms with van der Waals surface area (Å²) in [6.45, 7) is 1.68. The van der Waals surface area contributed by atoms with Crippen LogP contribution in [0.3, 0.4) is 0 Å². The Labute approximate surface area is 228 Å². The van der Waals surface area contributed by atoms with Crippen LogP contribution in [0.25, 0.3) is 11.3 Å². The van der Waals surface area contributed by atoms with Gasteiger partial charge in [0.05, 0.1) is 25.0 Å². The largest absolute Gasteiger partial charge is 0.382 e. The predicted molar refractivity (Wildman–Crippen MR) is 149 cm³/mol. The molecule has 204 valence electrons. The number of rotatable bonds is 5. The van der Waals surface area contributed by atoms with Crippen LogP contribution in [0.5, 0.6) is 0 Å². The number of morpholine rings is 1. The first kappa shape index (κ1) is 24.8. The lowest BCUT2D eigenvalue weighted by atomic mass is 9.77. The maximum Gasteiger partial charge on any atom is 0.255 e. The van der Waals surface area contributed by atoms with E-state index in [0.29, 0.717) is 37.4 Å². The van der Waals surface area contributed by atoms with Crippen LogP contribution in [-0.4, -0.2) is 40.3 Å². The normalized spacial score (nSPS) is 29.8. The second-order valence-electron chi connectivity index (χ2n) is 12.0. The summed E-state index contributed by atoms with van der Waals surface area (Å²) >= 11 is 0. The molecule has 1 aliphatic heterocycles. The zero-order valence-electron chi connectivity index (χ0n) is 22.4. The van der Waals surface area contributed by atoms with E-state index in [9.17, 15) is 9.18 Å². The van der Waals surface area contributed by atoms with Crippen molar-refractivity contribution in [1.29, 1.82) is 0 Å². The van der Waals surface area contributed by atoms with E-state index in [-0.39, 0.29) is 17.2 Å². The summed E-state index contributed by atoms with van der Waals surface area (Å²) in [5.74, 6) is 3.74. The monoisotopic (exact) mass is 529 g/mol. The number of benzene rings is 1. The fourth-order valence-corrected chi connectivity index (χ4v) is 7.81. The summed E-state index contributed by atoms with van der Waals surface area (Å²) in [6.07, 6.45) is 10.9. The maximum atomic E-state index is 14.4. The van der Waals surface area contributed by atoms with Crippen molar-refractivity contribution in [3.8, 4) is 11.3 Å². The molecule has 3 aliphatic carbocycles. The summed E-state index contributed by atoms with van der Waals surface area (Å²) in [5, 5.41) is 3.89. The number of anilines is 2. The van der Waals surface area contributed by atoms with E-state index in [2.05, 4.69) is 39.5 Å². The summed E-state index contributed by atoms with van der Waals surface area (Å²) in [7, 11) is 1.70. The number of halogens is 1. The van der Waals surface area contributed by atoms with Gasteiger partial charge in [-0.2, -0.15) is 0 Å². The molecular weight excluding hydrogens is 493 g/mol. The van der Waals surface area contributed by atoms with Crippen LogP contribution in [0.1, 0.15) is 50.2 Å². The van der Waals surface area contributed by atoms with Crippen LogP contribution in [0.2, 0.25) is 0 Å². The Morgan fingerprint density at radius 3 is 2.69 bits per heavy atom. The van der Waals surface area contributed by atoms with Crippen LogP contribution in [-0.2, 0) is 11.8 Å². The lowest BCUT2D eigenvalue weighted by molar-refractivity contribution is 0.0390. The van der Waals surface area contributed by atoms with Gasteiger partial charge in [-0.25, -0.2) is 9.37 Å². The fourth-order valence-electron chi connectivity index (χ4n) is 7.81. The van der Waals surface area contributed by atoms with E-state index >= 15 is 0 Å². The summed E-state index contributed by atoms with van der Waals surface area (Å²) in [4.78, 5) is 23.3. The van der Waals surface area contributed by atoms with Crippen LogP contribution in [0.4, 0.5) is 16.0 Å². The zero-order chi connectivity index (χ0) is 26.5. The highest BCUT2D eigenvalue weighted by Crippen LogP contribution is 2.53. The molecule has 0 amide bonds. The first-order valence-corrected chi connectivity index (χ1v) is 14.4. The lowest BCUT2D eigenvalue weighted by Crippen LogP contribution is -2.41. The van der Waals surface area contributed by atoms with Crippen molar-refractivity contribution in [3.63, 3.8) is 0 Å². The van der Waals surface area contributed by atoms with Gasteiger partial charge in [-0.15, -0.1) is 0 Å². The Morgan fingerprint density at radius 1 is 1.03 bits per heavy atom. The molecule has 5 unspecified atom stereocenters. The number of nitrogens with zero attached hydrogens (tertiary/aromatic N) is 4. The molecule has 8 heteroatoms. The number of aromatic nitrogens is 3. The zero-order valence-corrected chi connectivity index (χ0v) is 22.4. The fraction of sp³-hybridized carbons (Fsp3) is 0.516. The Hall–Kier alpha value is -3.26. The van der Waals surface area contributed by atoms with Gasteiger partial charge in [-0.3, -0.25) is 14.3 Å². The number of hydrogen-bond acceptors (Lipinski definition) is 6. The molecule has 3 aromatic rings. The van der Waals surface area contributed by atoms with Gasteiger partial charge in [-0.1, -0.05) is 12.1 Å². The first-order valence-electron chi connectivity index (χ1n) is 14.4. The molecule has 4 fully saturated rings. The van der Waals surface area contributed by atoms with Gasteiger partial charge in [0.15, 0.2) is 5.82 Å². The lowest BCUT2D eigenvalue weighted by Gasteiger charge is -2.35. The summed E-state index contributed by atoms with van der Waals surface area (Å²) in [5.41, 5.74) is 2.64. The minimum absolute atomic E-state index is 0.143. The number of ether oxygens (including phenoxy) is 1. The number of fused-ring (bicyclic) bond motifs is 2. The average Bonchev–Trinajstić information content (AvgIpc) is 3.18. The van der Waals surface area contributed by atoms with Crippen molar-refractivity contribution in [2.45, 2.75) is 50.7 Å². The van der Waals surface area contributed by atoms with Crippen molar-refractivity contribution in [1.82, 2.24) is 14.5 Å². The van der Waals surface area contributed by atoms with Gasteiger partial charge >= 0.3 is 0 Å². The molecule has 0 spiro atoms. The molecule has 1 aromatic carbocycles. The molecule has 39 heavy (non-hydrogen) atoms. The SMILES string of the molecule is Cn1c(N2CCO[C@@H](c3ccc(NC4CCC5CC6CC5CC4C6)cc3)C2)nc(-c2ccncc2F)cc1=O. The van der Waals surface area contributed by atoms with Gasteiger partial charge in [0, 0.05) is 43.1 Å². The van der Waals surface area contributed by atoms with Gasteiger partial charge < -0.3 is 15.0 Å². The molecule has 6 atom stereocenters. The van der Waals surface area contributed by atoms with Crippen molar-refractivity contribution < 1.29 is 9.13 Å². The molecule has 7 nitrogen and oxygen atoms in total. The Bertz CT molecular complexity index is 1410. The molecule has 3 bridgehead atoms.